The second-order valence-electron chi connectivity index (χ2n) is 5.98. The van der Waals surface area contributed by atoms with Gasteiger partial charge < -0.3 is 5.32 Å². The van der Waals surface area contributed by atoms with Crippen molar-refractivity contribution in [3.8, 4) is 0 Å². The lowest BCUT2D eigenvalue weighted by Gasteiger charge is -2.25. The molecule has 0 radical (unpaired) electrons. The van der Waals surface area contributed by atoms with Gasteiger partial charge in [0, 0.05) is 16.6 Å². The van der Waals surface area contributed by atoms with Gasteiger partial charge >= 0.3 is 0 Å². The van der Waals surface area contributed by atoms with Gasteiger partial charge in [0.25, 0.3) is 0 Å². The Hall–Kier alpha value is -0.820. The van der Waals surface area contributed by atoms with E-state index in [1.165, 1.54) is 4.31 Å². The summed E-state index contributed by atoms with van der Waals surface area (Å²) >= 11 is 12.1. The predicted octanol–water partition coefficient (Wildman–Crippen LogP) is 3.37. The van der Waals surface area contributed by atoms with Gasteiger partial charge in [0.1, 0.15) is 6.04 Å². The summed E-state index contributed by atoms with van der Waals surface area (Å²) in [5.41, 5.74) is 0.746. The van der Waals surface area contributed by atoms with E-state index in [9.17, 15) is 13.2 Å². The van der Waals surface area contributed by atoms with Crippen LogP contribution in [-0.2, 0) is 14.8 Å². The highest BCUT2D eigenvalue weighted by atomic mass is 35.5. The molecule has 24 heavy (non-hydrogen) atoms. The smallest absolute Gasteiger partial charge is 0.238 e. The Morgan fingerprint density at radius 2 is 2.12 bits per heavy atom. The maximum atomic E-state index is 12.6. The highest BCUT2D eigenvalue weighted by Gasteiger charge is 2.38. The lowest BCUT2D eigenvalue weighted by molar-refractivity contribution is -0.124. The van der Waals surface area contributed by atoms with Crippen LogP contribution < -0.4 is 5.32 Å². The Morgan fingerprint density at radius 3 is 2.75 bits per heavy atom. The van der Waals surface area contributed by atoms with Crippen LogP contribution in [0.3, 0.4) is 0 Å². The summed E-state index contributed by atoms with van der Waals surface area (Å²) in [5.74, 6) is -0.222. The minimum absolute atomic E-state index is 0.0648. The summed E-state index contributed by atoms with van der Waals surface area (Å²) in [4.78, 5) is 12.6. The average Bonchev–Trinajstić information content (AvgIpc) is 2.97. The third-order valence-corrected chi connectivity index (χ3v) is 6.75. The molecule has 0 bridgehead atoms. The van der Waals surface area contributed by atoms with Crippen LogP contribution >= 0.6 is 23.2 Å². The maximum absolute atomic E-state index is 12.6. The molecule has 134 valence electrons. The standard InChI is InChI=1S/C16H22Cl2N2O3S/c1-3-9-24(22,23)20-8-4-5-15(20)16(21)19-11(2)13-7-6-12(17)10-14(13)18/h6-7,10-11,15H,3-5,8-9H2,1-2H3,(H,19,21). The van der Waals surface area contributed by atoms with Crippen molar-refractivity contribution in [3.05, 3.63) is 33.8 Å². The number of amides is 1. The van der Waals surface area contributed by atoms with Crippen molar-refractivity contribution >= 4 is 39.1 Å². The van der Waals surface area contributed by atoms with Gasteiger partial charge in [0.05, 0.1) is 11.8 Å². The fourth-order valence-electron chi connectivity index (χ4n) is 2.95. The first-order chi connectivity index (χ1) is 11.3. The van der Waals surface area contributed by atoms with Gasteiger partial charge in [0.2, 0.25) is 15.9 Å². The summed E-state index contributed by atoms with van der Waals surface area (Å²) in [6, 6.07) is 4.11. The Bertz CT molecular complexity index is 709. The van der Waals surface area contributed by atoms with E-state index in [2.05, 4.69) is 5.32 Å². The highest BCUT2D eigenvalue weighted by molar-refractivity contribution is 7.89. The van der Waals surface area contributed by atoms with E-state index in [1.807, 2.05) is 13.8 Å². The number of carbonyl (C=O) groups is 1. The molecule has 1 aromatic carbocycles. The zero-order valence-electron chi connectivity index (χ0n) is 13.8. The van der Waals surface area contributed by atoms with E-state index in [-0.39, 0.29) is 17.7 Å². The Morgan fingerprint density at radius 1 is 1.42 bits per heavy atom. The number of sulfonamides is 1. The van der Waals surface area contributed by atoms with Gasteiger partial charge in [-0.25, -0.2) is 8.42 Å². The Kier molecular flexibility index (Phi) is 6.53. The predicted molar refractivity (Wildman–Crippen MR) is 96.8 cm³/mol. The van der Waals surface area contributed by atoms with E-state index in [0.717, 1.165) is 5.56 Å². The molecule has 1 heterocycles. The Balaban J connectivity index is 2.11. The molecule has 1 amide bonds. The van der Waals surface area contributed by atoms with Gasteiger partial charge in [-0.3, -0.25) is 4.79 Å². The largest absolute Gasteiger partial charge is 0.348 e. The normalized spacial score (nSPS) is 20.1. The monoisotopic (exact) mass is 392 g/mol. The van der Waals surface area contributed by atoms with Crippen LogP contribution in [0.2, 0.25) is 10.0 Å². The molecule has 1 aromatic rings. The van der Waals surface area contributed by atoms with Crippen molar-refractivity contribution < 1.29 is 13.2 Å². The fourth-order valence-corrected chi connectivity index (χ4v) is 5.27. The summed E-state index contributed by atoms with van der Waals surface area (Å²) in [5, 5.41) is 3.86. The Labute approximate surface area is 153 Å². The van der Waals surface area contributed by atoms with Crippen molar-refractivity contribution in [3.63, 3.8) is 0 Å². The number of benzene rings is 1. The van der Waals surface area contributed by atoms with Crippen LogP contribution in [0.4, 0.5) is 0 Å². The molecular formula is C16H22Cl2N2O3S. The van der Waals surface area contributed by atoms with Gasteiger partial charge in [0.15, 0.2) is 0 Å². The van der Waals surface area contributed by atoms with Gasteiger partial charge in [-0.15, -0.1) is 0 Å². The van der Waals surface area contributed by atoms with Crippen LogP contribution in [0.1, 0.15) is 44.7 Å². The molecule has 2 rings (SSSR count). The fraction of sp³-hybridized carbons (Fsp3) is 0.562. The topological polar surface area (TPSA) is 66.5 Å². The van der Waals surface area contributed by atoms with Crippen molar-refractivity contribution in [2.45, 2.75) is 45.2 Å². The molecule has 0 spiro atoms. The van der Waals surface area contributed by atoms with E-state index >= 15 is 0 Å². The van der Waals surface area contributed by atoms with Crippen LogP contribution in [0, 0.1) is 0 Å². The molecule has 2 atom stereocenters. The summed E-state index contributed by atoms with van der Waals surface area (Å²) in [7, 11) is -3.39. The number of hydrogen-bond donors (Lipinski definition) is 1. The molecule has 1 aliphatic rings. The van der Waals surface area contributed by atoms with Crippen LogP contribution in [-0.4, -0.2) is 37.0 Å². The van der Waals surface area contributed by atoms with E-state index in [0.29, 0.717) is 35.9 Å². The lowest BCUT2D eigenvalue weighted by atomic mass is 10.1. The van der Waals surface area contributed by atoms with E-state index in [1.54, 1.807) is 18.2 Å². The third kappa shape index (κ3) is 4.42. The molecule has 1 N–H and O–H groups in total. The first-order valence-corrected chi connectivity index (χ1v) is 10.4. The number of nitrogens with one attached hydrogen (secondary N) is 1. The molecule has 1 aliphatic heterocycles. The third-order valence-electron chi connectivity index (χ3n) is 4.11. The molecule has 0 aliphatic carbocycles. The lowest BCUT2D eigenvalue weighted by Crippen LogP contribution is -2.47. The molecule has 1 saturated heterocycles. The van der Waals surface area contributed by atoms with Crippen LogP contribution in [0.5, 0.6) is 0 Å². The summed E-state index contributed by atoms with van der Waals surface area (Å²) in [6.07, 6.45) is 1.76. The molecule has 0 saturated carbocycles. The molecule has 5 nitrogen and oxygen atoms in total. The number of nitrogens with zero attached hydrogens (tertiary/aromatic N) is 1. The maximum Gasteiger partial charge on any atom is 0.238 e. The second kappa shape index (κ2) is 8.04. The van der Waals surface area contributed by atoms with Crippen molar-refractivity contribution in [1.29, 1.82) is 0 Å². The quantitative estimate of drug-likeness (QED) is 0.806. The minimum atomic E-state index is -3.39. The summed E-state index contributed by atoms with van der Waals surface area (Å²) in [6.45, 7) is 4.02. The number of rotatable bonds is 6. The molecule has 2 unspecified atom stereocenters. The molecule has 8 heteroatoms. The molecular weight excluding hydrogens is 371 g/mol. The van der Waals surface area contributed by atoms with Gasteiger partial charge in [-0.1, -0.05) is 36.2 Å². The first kappa shape index (κ1) is 19.5. The molecule has 0 aromatic heterocycles. The van der Waals surface area contributed by atoms with E-state index < -0.39 is 16.1 Å². The second-order valence-corrected chi connectivity index (χ2v) is 8.87. The van der Waals surface area contributed by atoms with Crippen molar-refractivity contribution in [1.82, 2.24) is 9.62 Å². The number of carbonyl (C=O) groups excluding carboxylic acids is 1. The van der Waals surface area contributed by atoms with E-state index in [4.69, 9.17) is 23.2 Å². The zero-order valence-corrected chi connectivity index (χ0v) is 16.1. The van der Waals surface area contributed by atoms with Crippen molar-refractivity contribution in [2.24, 2.45) is 0 Å². The van der Waals surface area contributed by atoms with Crippen molar-refractivity contribution in [2.75, 3.05) is 12.3 Å². The van der Waals surface area contributed by atoms with Crippen LogP contribution in [0.15, 0.2) is 18.2 Å². The average molecular weight is 393 g/mol. The number of halogens is 2. The minimum Gasteiger partial charge on any atom is -0.348 e. The van der Waals surface area contributed by atoms with Crippen LogP contribution in [0.25, 0.3) is 0 Å². The number of hydrogen-bond acceptors (Lipinski definition) is 3. The highest BCUT2D eigenvalue weighted by Crippen LogP contribution is 2.27. The van der Waals surface area contributed by atoms with Gasteiger partial charge in [-0.05, 0) is 43.9 Å². The van der Waals surface area contributed by atoms with Gasteiger partial charge in [-0.2, -0.15) is 4.31 Å². The molecule has 1 fully saturated rings. The zero-order chi connectivity index (χ0) is 17.9. The first-order valence-electron chi connectivity index (χ1n) is 8.01. The SMILES string of the molecule is CCCS(=O)(=O)N1CCCC1C(=O)NC(C)c1ccc(Cl)cc1Cl. The summed E-state index contributed by atoms with van der Waals surface area (Å²) < 4.78 is 25.9.